The number of rotatable bonds is 9. The molecule has 3 aromatic rings. The van der Waals surface area contributed by atoms with Gasteiger partial charge in [-0.25, -0.2) is 4.39 Å². The number of hydrogen-bond donors (Lipinski definition) is 0. The first-order valence-corrected chi connectivity index (χ1v) is 11.0. The summed E-state index contributed by atoms with van der Waals surface area (Å²) < 4.78 is 36.5. The van der Waals surface area contributed by atoms with Crippen molar-refractivity contribution in [3.63, 3.8) is 0 Å². The molecule has 0 unspecified atom stereocenters. The molecule has 0 N–H and O–H groups in total. The van der Waals surface area contributed by atoms with E-state index in [1.807, 2.05) is 13.0 Å². The topological polar surface area (TPSA) is 60.7 Å². The van der Waals surface area contributed by atoms with Crippen LogP contribution in [-0.2, 0) is 6.61 Å². The molecule has 0 amide bonds. The lowest BCUT2D eigenvalue weighted by Gasteiger charge is -2.15. The minimum atomic E-state index is -0.320. The molecule has 0 saturated carbocycles. The molecular formula is C26H23BrFNO4. The van der Waals surface area contributed by atoms with E-state index in [-0.39, 0.29) is 12.4 Å². The Kier molecular flexibility index (Phi) is 8.34. The Labute approximate surface area is 201 Å². The quantitative estimate of drug-likeness (QED) is 0.237. The molecular weight excluding hydrogens is 489 g/mol. The molecule has 5 nitrogen and oxygen atoms in total. The lowest BCUT2D eigenvalue weighted by Crippen LogP contribution is -2.01. The first-order valence-electron chi connectivity index (χ1n) is 10.2. The third-order valence-electron chi connectivity index (χ3n) is 4.73. The number of halogens is 2. The molecule has 0 spiro atoms. The monoisotopic (exact) mass is 511 g/mol. The van der Waals surface area contributed by atoms with Crippen molar-refractivity contribution in [2.75, 3.05) is 20.8 Å². The van der Waals surface area contributed by atoms with Crippen LogP contribution in [0.1, 0.15) is 23.6 Å². The van der Waals surface area contributed by atoms with E-state index in [0.717, 1.165) is 5.56 Å². The molecule has 0 fully saturated rings. The van der Waals surface area contributed by atoms with E-state index in [2.05, 4.69) is 22.0 Å². The molecule has 0 radical (unpaired) electrons. The number of allylic oxidation sites excluding steroid dienone is 1. The predicted octanol–water partition coefficient (Wildman–Crippen LogP) is 6.65. The molecule has 33 heavy (non-hydrogen) atoms. The van der Waals surface area contributed by atoms with Crippen molar-refractivity contribution in [1.29, 1.82) is 5.26 Å². The highest BCUT2D eigenvalue weighted by Gasteiger charge is 2.14. The van der Waals surface area contributed by atoms with Gasteiger partial charge in [0.2, 0.25) is 0 Å². The SMILES string of the molecule is CCOc1cc(/C=C(\C#N)c2ccc(OC)c(OC)c2)cc(Br)c1OCc1cccc(F)c1. The Bertz CT molecular complexity index is 1200. The molecule has 170 valence electrons. The summed E-state index contributed by atoms with van der Waals surface area (Å²) >= 11 is 3.54. The van der Waals surface area contributed by atoms with Gasteiger partial charge in [-0.2, -0.15) is 5.26 Å². The second kappa shape index (κ2) is 11.4. The van der Waals surface area contributed by atoms with Gasteiger partial charge in [-0.1, -0.05) is 12.1 Å². The van der Waals surface area contributed by atoms with E-state index < -0.39 is 0 Å². The van der Waals surface area contributed by atoms with Gasteiger partial charge in [0.25, 0.3) is 0 Å². The first kappa shape index (κ1) is 24.1. The largest absolute Gasteiger partial charge is 0.493 e. The zero-order valence-corrected chi connectivity index (χ0v) is 20.1. The minimum Gasteiger partial charge on any atom is -0.493 e. The standard InChI is InChI=1S/C26H23BrFNO4/c1-4-32-25-13-18(10-20(15-29)19-8-9-23(30-2)24(14-19)31-3)12-22(27)26(25)33-16-17-6-5-7-21(28)11-17/h5-14H,4,16H2,1-3H3/b20-10+. The van der Waals surface area contributed by atoms with Gasteiger partial charge >= 0.3 is 0 Å². The lowest BCUT2D eigenvalue weighted by atomic mass is 10.0. The summed E-state index contributed by atoms with van der Waals surface area (Å²) in [6.45, 7) is 2.48. The van der Waals surface area contributed by atoms with Crippen molar-refractivity contribution in [2.24, 2.45) is 0 Å². The minimum absolute atomic E-state index is 0.181. The van der Waals surface area contributed by atoms with Crippen LogP contribution in [0.15, 0.2) is 59.1 Å². The zero-order chi connectivity index (χ0) is 23.8. The van der Waals surface area contributed by atoms with Crippen LogP contribution in [-0.4, -0.2) is 20.8 Å². The van der Waals surface area contributed by atoms with Gasteiger partial charge in [0, 0.05) is 0 Å². The van der Waals surface area contributed by atoms with Crippen LogP contribution in [0.5, 0.6) is 23.0 Å². The Morgan fingerprint density at radius 1 is 1.00 bits per heavy atom. The molecule has 0 aliphatic rings. The summed E-state index contributed by atoms with van der Waals surface area (Å²) in [4.78, 5) is 0. The van der Waals surface area contributed by atoms with E-state index in [1.165, 1.54) is 12.1 Å². The number of ether oxygens (including phenoxy) is 4. The fraction of sp³-hybridized carbons (Fsp3) is 0.192. The molecule has 3 rings (SSSR count). The number of benzene rings is 3. The third-order valence-corrected chi connectivity index (χ3v) is 5.32. The van der Waals surface area contributed by atoms with E-state index in [9.17, 15) is 9.65 Å². The van der Waals surface area contributed by atoms with Crippen molar-refractivity contribution in [1.82, 2.24) is 0 Å². The van der Waals surface area contributed by atoms with Crippen LogP contribution >= 0.6 is 15.9 Å². The summed E-state index contributed by atoms with van der Waals surface area (Å²) in [7, 11) is 3.11. The summed E-state index contributed by atoms with van der Waals surface area (Å²) in [5.74, 6) is 1.81. The molecule has 3 aromatic carbocycles. The van der Waals surface area contributed by atoms with Crippen molar-refractivity contribution < 1.29 is 23.3 Å². The van der Waals surface area contributed by atoms with E-state index in [1.54, 1.807) is 56.7 Å². The maximum atomic E-state index is 13.5. The van der Waals surface area contributed by atoms with E-state index in [4.69, 9.17) is 18.9 Å². The fourth-order valence-electron chi connectivity index (χ4n) is 3.21. The Morgan fingerprint density at radius 3 is 2.45 bits per heavy atom. The molecule has 0 atom stereocenters. The van der Waals surface area contributed by atoms with E-state index in [0.29, 0.717) is 50.8 Å². The molecule has 7 heteroatoms. The van der Waals surface area contributed by atoms with Crippen molar-refractivity contribution >= 4 is 27.6 Å². The maximum absolute atomic E-state index is 13.5. The summed E-state index contributed by atoms with van der Waals surface area (Å²) in [6, 6.07) is 17.4. The van der Waals surface area contributed by atoms with Crippen LogP contribution in [0.3, 0.4) is 0 Å². The predicted molar refractivity (Wildman–Crippen MR) is 129 cm³/mol. The average molecular weight is 512 g/mol. The molecule has 0 aliphatic heterocycles. The molecule has 0 bridgehead atoms. The molecule has 0 aromatic heterocycles. The fourth-order valence-corrected chi connectivity index (χ4v) is 3.78. The van der Waals surface area contributed by atoms with Gasteiger partial charge in [0.1, 0.15) is 12.4 Å². The van der Waals surface area contributed by atoms with Crippen LogP contribution in [0.25, 0.3) is 11.6 Å². The second-order valence-corrected chi connectivity index (χ2v) is 7.78. The first-order chi connectivity index (χ1) is 16.0. The zero-order valence-electron chi connectivity index (χ0n) is 18.5. The average Bonchev–Trinajstić information content (AvgIpc) is 2.81. The van der Waals surface area contributed by atoms with Crippen molar-refractivity contribution in [3.05, 3.63) is 81.6 Å². The van der Waals surface area contributed by atoms with Crippen molar-refractivity contribution in [2.45, 2.75) is 13.5 Å². The maximum Gasteiger partial charge on any atom is 0.175 e. The Morgan fingerprint density at radius 2 is 1.79 bits per heavy atom. The van der Waals surface area contributed by atoms with Crippen LogP contribution in [0.2, 0.25) is 0 Å². The smallest absolute Gasteiger partial charge is 0.175 e. The highest BCUT2D eigenvalue weighted by atomic mass is 79.9. The van der Waals surface area contributed by atoms with Gasteiger partial charge in [0.15, 0.2) is 23.0 Å². The number of hydrogen-bond acceptors (Lipinski definition) is 5. The third kappa shape index (κ3) is 6.05. The van der Waals surface area contributed by atoms with Gasteiger partial charge in [0.05, 0.1) is 36.9 Å². The molecule has 0 aliphatic carbocycles. The highest BCUT2D eigenvalue weighted by Crippen LogP contribution is 2.39. The number of methoxy groups -OCH3 is 2. The van der Waals surface area contributed by atoms with Crippen LogP contribution < -0.4 is 18.9 Å². The van der Waals surface area contributed by atoms with Crippen LogP contribution in [0, 0.1) is 17.1 Å². The normalized spacial score (nSPS) is 11.0. The Balaban J connectivity index is 1.94. The van der Waals surface area contributed by atoms with Gasteiger partial charge in [-0.05, 0) is 88.1 Å². The summed E-state index contributed by atoms with van der Waals surface area (Å²) in [5.41, 5.74) is 2.58. The highest BCUT2D eigenvalue weighted by molar-refractivity contribution is 9.10. The van der Waals surface area contributed by atoms with Gasteiger partial charge in [-0.15, -0.1) is 0 Å². The number of nitriles is 1. The second-order valence-electron chi connectivity index (χ2n) is 6.92. The molecule has 0 heterocycles. The molecule has 0 saturated heterocycles. The van der Waals surface area contributed by atoms with E-state index >= 15 is 0 Å². The number of nitrogens with zero attached hydrogens (tertiary/aromatic N) is 1. The lowest BCUT2D eigenvalue weighted by molar-refractivity contribution is 0.267. The summed E-state index contributed by atoms with van der Waals surface area (Å²) in [5, 5.41) is 9.77. The van der Waals surface area contributed by atoms with Gasteiger partial charge in [-0.3, -0.25) is 0 Å². The van der Waals surface area contributed by atoms with Gasteiger partial charge < -0.3 is 18.9 Å². The Hall–Kier alpha value is -3.50. The summed E-state index contributed by atoms with van der Waals surface area (Å²) in [6.07, 6.45) is 1.75. The van der Waals surface area contributed by atoms with Crippen molar-refractivity contribution in [3.8, 4) is 29.1 Å². The van der Waals surface area contributed by atoms with Crippen LogP contribution in [0.4, 0.5) is 4.39 Å².